The fourth-order valence-corrected chi connectivity index (χ4v) is 5.02. The third-order valence-corrected chi connectivity index (χ3v) is 6.43. The molecule has 5 nitrogen and oxygen atoms in total. The van der Waals surface area contributed by atoms with Crippen molar-refractivity contribution in [2.45, 2.75) is 45.1 Å². The fraction of sp³-hybridized carbons (Fsp3) is 0.524. The highest BCUT2D eigenvalue weighted by atomic mass is 32.1. The Balaban J connectivity index is 1.92. The number of carbonyl (C=O) groups is 2. The van der Waals surface area contributed by atoms with Crippen molar-refractivity contribution < 1.29 is 14.3 Å². The highest BCUT2D eigenvalue weighted by Crippen LogP contribution is 2.34. The maximum absolute atomic E-state index is 12.8. The van der Waals surface area contributed by atoms with E-state index in [1.54, 1.807) is 14.0 Å². The van der Waals surface area contributed by atoms with Crippen molar-refractivity contribution in [3.63, 3.8) is 0 Å². The zero-order chi connectivity index (χ0) is 19.2. The minimum absolute atomic E-state index is 0.0498. The molecule has 1 aliphatic heterocycles. The van der Waals surface area contributed by atoms with Crippen LogP contribution in [0.3, 0.4) is 0 Å². The van der Waals surface area contributed by atoms with Crippen molar-refractivity contribution in [3.8, 4) is 0 Å². The van der Waals surface area contributed by atoms with Crippen LogP contribution in [0.1, 0.15) is 47.8 Å². The number of fused-ring (bicyclic) bond motifs is 1. The molecule has 1 aliphatic rings. The predicted octanol–water partition coefficient (Wildman–Crippen LogP) is 3.61. The molecule has 1 unspecified atom stereocenters. The van der Waals surface area contributed by atoms with Gasteiger partial charge in [0.15, 0.2) is 0 Å². The number of amides is 2. The third kappa shape index (κ3) is 4.68. The van der Waals surface area contributed by atoms with E-state index >= 15 is 0 Å². The van der Waals surface area contributed by atoms with Gasteiger partial charge in [0.1, 0.15) is 0 Å². The summed E-state index contributed by atoms with van der Waals surface area (Å²) >= 11 is 1.54. The van der Waals surface area contributed by atoms with Crippen molar-refractivity contribution in [3.05, 3.63) is 34.7 Å². The van der Waals surface area contributed by atoms with Gasteiger partial charge in [-0.25, -0.2) is 0 Å². The Morgan fingerprint density at radius 3 is 2.85 bits per heavy atom. The molecule has 1 aromatic heterocycles. The van der Waals surface area contributed by atoms with Gasteiger partial charge in [0.05, 0.1) is 11.5 Å². The normalized spacial score (nSPS) is 17.7. The van der Waals surface area contributed by atoms with E-state index in [-0.39, 0.29) is 17.9 Å². The van der Waals surface area contributed by atoms with Crippen LogP contribution in [0, 0.1) is 0 Å². The van der Waals surface area contributed by atoms with Crippen molar-refractivity contribution in [2.75, 3.05) is 26.8 Å². The maximum Gasteiger partial charge on any atom is 0.261 e. The topological polar surface area (TPSA) is 58.6 Å². The molecule has 1 aromatic carbocycles. The summed E-state index contributed by atoms with van der Waals surface area (Å²) in [6.07, 6.45) is 5.08. The molecule has 0 spiro atoms. The summed E-state index contributed by atoms with van der Waals surface area (Å²) in [4.78, 5) is 27.8. The molecule has 0 radical (unpaired) electrons. The second-order valence-corrected chi connectivity index (χ2v) is 8.13. The van der Waals surface area contributed by atoms with Gasteiger partial charge in [-0.2, -0.15) is 0 Å². The highest BCUT2D eigenvalue weighted by molar-refractivity contribution is 7.21. The molecule has 1 N–H and O–H groups in total. The Kier molecular flexibility index (Phi) is 6.85. The van der Waals surface area contributed by atoms with Gasteiger partial charge in [-0.1, -0.05) is 31.0 Å². The van der Waals surface area contributed by atoms with E-state index in [4.69, 9.17) is 4.74 Å². The Morgan fingerprint density at radius 2 is 2.07 bits per heavy atom. The van der Waals surface area contributed by atoms with Crippen LogP contribution in [0.25, 0.3) is 10.1 Å². The molecule has 2 amide bonds. The number of benzene rings is 1. The fourth-order valence-electron chi connectivity index (χ4n) is 3.87. The monoisotopic (exact) mass is 388 g/mol. The van der Waals surface area contributed by atoms with Gasteiger partial charge in [0.25, 0.3) is 5.91 Å². The molecular weight excluding hydrogens is 360 g/mol. The summed E-state index contributed by atoms with van der Waals surface area (Å²) < 4.78 is 6.16. The van der Waals surface area contributed by atoms with Crippen LogP contribution in [0.4, 0.5) is 0 Å². The van der Waals surface area contributed by atoms with Gasteiger partial charge < -0.3 is 15.0 Å². The van der Waals surface area contributed by atoms with Crippen LogP contribution in [0.5, 0.6) is 0 Å². The predicted molar refractivity (Wildman–Crippen MR) is 109 cm³/mol. The standard InChI is InChI=1S/C21H28N2O3S/c1-15(24)23-12-7-3-4-8-16(23)14-18-17-9-5-6-10-19(17)27-20(18)21(25)22-11-13-26-2/h5-6,9-10,16H,3-4,7-8,11-14H2,1-2H3,(H,22,25). The Morgan fingerprint density at radius 1 is 1.26 bits per heavy atom. The first-order valence-corrected chi connectivity index (χ1v) is 10.5. The van der Waals surface area contributed by atoms with Gasteiger partial charge in [-0.15, -0.1) is 11.3 Å². The van der Waals surface area contributed by atoms with Gasteiger partial charge in [-0.3, -0.25) is 9.59 Å². The van der Waals surface area contributed by atoms with Crippen LogP contribution >= 0.6 is 11.3 Å². The summed E-state index contributed by atoms with van der Waals surface area (Å²) in [7, 11) is 1.62. The number of thiophene rings is 1. The van der Waals surface area contributed by atoms with E-state index < -0.39 is 0 Å². The van der Waals surface area contributed by atoms with E-state index in [0.717, 1.165) is 59.2 Å². The number of methoxy groups -OCH3 is 1. The molecule has 2 aromatic rings. The lowest BCUT2D eigenvalue weighted by molar-refractivity contribution is -0.131. The van der Waals surface area contributed by atoms with Crippen molar-refractivity contribution in [1.29, 1.82) is 0 Å². The first kappa shape index (κ1) is 19.8. The summed E-state index contributed by atoms with van der Waals surface area (Å²) in [6, 6.07) is 8.32. The lowest BCUT2D eigenvalue weighted by atomic mass is 9.98. The van der Waals surface area contributed by atoms with E-state index in [0.29, 0.717) is 13.2 Å². The van der Waals surface area contributed by atoms with Crippen LogP contribution in [0.15, 0.2) is 24.3 Å². The number of nitrogens with one attached hydrogen (secondary N) is 1. The molecule has 3 rings (SSSR count). The quantitative estimate of drug-likeness (QED) is 0.769. The van der Waals surface area contributed by atoms with Crippen molar-refractivity contribution >= 4 is 33.2 Å². The zero-order valence-electron chi connectivity index (χ0n) is 16.1. The zero-order valence-corrected chi connectivity index (χ0v) is 16.9. The largest absolute Gasteiger partial charge is 0.383 e. The lowest BCUT2D eigenvalue weighted by Crippen LogP contribution is -2.40. The molecule has 2 heterocycles. The number of ether oxygens (including phenoxy) is 1. The van der Waals surface area contributed by atoms with Gasteiger partial charge in [0.2, 0.25) is 5.91 Å². The van der Waals surface area contributed by atoms with E-state index in [2.05, 4.69) is 17.4 Å². The van der Waals surface area contributed by atoms with Gasteiger partial charge in [-0.05, 0) is 36.3 Å². The molecule has 1 saturated heterocycles. The van der Waals surface area contributed by atoms with E-state index in [9.17, 15) is 9.59 Å². The SMILES string of the molecule is COCCNC(=O)c1sc2ccccc2c1CC1CCCCCN1C(C)=O. The molecule has 146 valence electrons. The summed E-state index contributed by atoms with van der Waals surface area (Å²) in [5.41, 5.74) is 1.07. The Hall–Kier alpha value is -1.92. The number of likely N-dealkylation sites (tertiary alicyclic amines) is 1. The minimum atomic E-state index is -0.0498. The Bertz CT molecular complexity index is 802. The average molecular weight is 389 g/mol. The maximum atomic E-state index is 12.8. The second-order valence-electron chi connectivity index (χ2n) is 7.07. The van der Waals surface area contributed by atoms with E-state index in [1.807, 2.05) is 17.0 Å². The molecular formula is C21H28N2O3S. The number of hydrogen-bond acceptors (Lipinski definition) is 4. The first-order chi connectivity index (χ1) is 13.1. The van der Waals surface area contributed by atoms with Crippen LogP contribution in [-0.2, 0) is 16.0 Å². The molecule has 1 atom stereocenters. The van der Waals surface area contributed by atoms with Gasteiger partial charge >= 0.3 is 0 Å². The average Bonchev–Trinajstić information content (AvgIpc) is 2.85. The van der Waals surface area contributed by atoms with Crippen molar-refractivity contribution in [1.82, 2.24) is 10.2 Å². The second kappa shape index (κ2) is 9.33. The highest BCUT2D eigenvalue weighted by Gasteiger charge is 2.27. The van der Waals surface area contributed by atoms with Crippen LogP contribution in [-0.4, -0.2) is 49.6 Å². The molecule has 27 heavy (non-hydrogen) atoms. The lowest BCUT2D eigenvalue weighted by Gasteiger charge is -2.29. The first-order valence-electron chi connectivity index (χ1n) is 9.66. The van der Waals surface area contributed by atoms with Crippen LogP contribution in [0.2, 0.25) is 0 Å². The van der Waals surface area contributed by atoms with E-state index in [1.165, 1.54) is 11.3 Å². The van der Waals surface area contributed by atoms with Gasteiger partial charge in [0, 0.05) is 37.9 Å². The number of nitrogens with zero attached hydrogens (tertiary/aromatic N) is 1. The molecule has 0 bridgehead atoms. The molecule has 1 fully saturated rings. The molecule has 0 saturated carbocycles. The Labute approximate surface area is 164 Å². The minimum Gasteiger partial charge on any atom is -0.383 e. The number of hydrogen-bond donors (Lipinski definition) is 1. The van der Waals surface area contributed by atoms with Crippen LogP contribution < -0.4 is 5.32 Å². The molecule has 0 aliphatic carbocycles. The summed E-state index contributed by atoms with van der Waals surface area (Å²) in [5, 5.41) is 4.08. The summed E-state index contributed by atoms with van der Waals surface area (Å²) in [6.45, 7) is 3.46. The third-order valence-electron chi connectivity index (χ3n) is 5.22. The number of rotatable bonds is 6. The smallest absolute Gasteiger partial charge is 0.261 e. The molecule has 6 heteroatoms. The number of carbonyl (C=O) groups excluding carboxylic acids is 2. The summed E-state index contributed by atoms with van der Waals surface area (Å²) in [5.74, 6) is 0.0822. The van der Waals surface area contributed by atoms with Crippen molar-refractivity contribution in [2.24, 2.45) is 0 Å².